The van der Waals surface area contributed by atoms with E-state index >= 15 is 4.57 Å². The summed E-state index contributed by atoms with van der Waals surface area (Å²) in [6.45, 7) is 14.3. The van der Waals surface area contributed by atoms with E-state index in [1.54, 1.807) is 7.11 Å². The first kappa shape index (κ1) is 32.3. The minimum absolute atomic E-state index is 0.0950. The Labute approximate surface area is 249 Å². The molecular formula is C35H54NO4P. The third kappa shape index (κ3) is 8.47. The smallest absolute Gasteiger partial charge is 0.352 e. The molecule has 41 heavy (non-hydrogen) atoms. The fraction of sp³-hybridized carbons (Fsp3) is 0.657. The molecule has 2 aliphatic carbocycles. The van der Waals surface area contributed by atoms with Crippen molar-refractivity contribution in [3.63, 3.8) is 0 Å². The molecule has 0 amide bonds. The summed E-state index contributed by atoms with van der Waals surface area (Å²) in [6.07, 6.45) is 6.23. The first-order valence-corrected chi connectivity index (χ1v) is 17.6. The van der Waals surface area contributed by atoms with Crippen molar-refractivity contribution in [2.45, 2.75) is 105 Å². The largest absolute Gasteiger partial charge is 0.497 e. The van der Waals surface area contributed by atoms with Gasteiger partial charge in [0, 0.05) is 6.54 Å². The van der Waals surface area contributed by atoms with Crippen molar-refractivity contribution >= 4 is 7.60 Å². The summed E-state index contributed by atoms with van der Waals surface area (Å²) >= 11 is 0. The highest BCUT2D eigenvalue weighted by atomic mass is 31.2. The molecule has 1 unspecified atom stereocenters. The molecule has 1 N–H and O–H groups in total. The second kappa shape index (κ2) is 14.7. The Morgan fingerprint density at radius 1 is 0.780 bits per heavy atom. The van der Waals surface area contributed by atoms with Crippen molar-refractivity contribution in [3.8, 4) is 5.75 Å². The molecule has 0 radical (unpaired) electrons. The van der Waals surface area contributed by atoms with Crippen molar-refractivity contribution in [2.75, 3.05) is 7.11 Å². The molecule has 0 heterocycles. The average molecular weight is 584 g/mol. The Morgan fingerprint density at radius 3 is 1.76 bits per heavy atom. The van der Waals surface area contributed by atoms with Gasteiger partial charge in [0.1, 0.15) is 11.5 Å². The predicted molar refractivity (Wildman–Crippen MR) is 169 cm³/mol. The van der Waals surface area contributed by atoms with Crippen molar-refractivity contribution in [1.82, 2.24) is 5.32 Å². The molecule has 8 atom stereocenters. The van der Waals surface area contributed by atoms with E-state index in [9.17, 15) is 0 Å². The van der Waals surface area contributed by atoms with E-state index in [2.05, 4.69) is 59.0 Å². The van der Waals surface area contributed by atoms with Crippen LogP contribution in [0, 0.1) is 35.5 Å². The molecule has 6 heteroatoms. The van der Waals surface area contributed by atoms with Crippen LogP contribution < -0.4 is 10.1 Å². The van der Waals surface area contributed by atoms with E-state index in [0.29, 0.717) is 42.1 Å². The van der Waals surface area contributed by atoms with Crippen LogP contribution in [0.1, 0.15) is 97.0 Å². The normalized spacial score (nSPS) is 29.3. The molecule has 0 aliphatic heterocycles. The number of benzene rings is 2. The Hall–Kier alpha value is -1.65. The van der Waals surface area contributed by atoms with Gasteiger partial charge in [0.25, 0.3) is 0 Å². The number of rotatable bonds is 12. The van der Waals surface area contributed by atoms with Gasteiger partial charge in [0.2, 0.25) is 0 Å². The zero-order valence-corrected chi connectivity index (χ0v) is 27.3. The van der Waals surface area contributed by atoms with Crippen molar-refractivity contribution in [1.29, 1.82) is 0 Å². The van der Waals surface area contributed by atoms with Gasteiger partial charge in [0.15, 0.2) is 0 Å². The lowest BCUT2D eigenvalue weighted by Gasteiger charge is -2.43. The third-order valence-electron chi connectivity index (χ3n) is 9.58. The van der Waals surface area contributed by atoms with E-state index in [4.69, 9.17) is 13.8 Å². The number of hydrogen-bond acceptors (Lipinski definition) is 5. The van der Waals surface area contributed by atoms with Gasteiger partial charge in [-0.3, -0.25) is 9.88 Å². The number of ether oxygens (including phenoxy) is 1. The first-order valence-electron chi connectivity index (χ1n) is 16.0. The summed E-state index contributed by atoms with van der Waals surface area (Å²) in [6, 6.07) is 18.2. The topological polar surface area (TPSA) is 56.8 Å². The van der Waals surface area contributed by atoms with Crippen LogP contribution in [0.15, 0.2) is 54.6 Å². The molecule has 2 aromatic rings. The molecule has 5 nitrogen and oxygen atoms in total. The molecule has 4 rings (SSSR count). The van der Waals surface area contributed by atoms with Gasteiger partial charge >= 0.3 is 7.60 Å². The third-order valence-corrected chi connectivity index (χ3v) is 11.8. The highest BCUT2D eigenvalue weighted by molar-refractivity contribution is 7.54. The van der Waals surface area contributed by atoms with Gasteiger partial charge in [-0.25, -0.2) is 0 Å². The molecule has 2 aromatic carbocycles. The van der Waals surface area contributed by atoms with Gasteiger partial charge in [-0.1, -0.05) is 96.8 Å². The van der Waals surface area contributed by atoms with Gasteiger partial charge in [-0.05, 0) is 84.5 Å². The molecule has 2 saturated carbocycles. The minimum atomic E-state index is -3.71. The van der Waals surface area contributed by atoms with E-state index < -0.39 is 13.4 Å². The van der Waals surface area contributed by atoms with Gasteiger partial charge in [-0.2, -0.15) is 0 Å². The summed E-state index contributed by atoms with van der Waals surface area (Å²) < 4.78 is 35.1. The minimum Gasteiger partial charge on any atom is -0.497 e. The van der Waals surface area contributed by atoms with Crippen LogP contribution in [0.25, 0.3) is 0 Å². The highest BCUT2D eigenvalue weighted by Gasteiger charge is 2.46. The van der Waals surface area contributed by atoms with Crippen LogP contribution in [-0.4, -0.2) is 19.3 Å². The maximum absolute atomic E-state index is 15.6. The van der Waals surface area contributed by atoms with Gasteiger partial charge in [0.05, 0.1) is 19.3 Å². The molecular weight excluding hydrogens is 529 g/mol. The Balaban J connectivity index is 1.76. The zero-order valence-electron chi connectivity index (χ0n) is 26.4. The van der Waals surface area contributed by atoms with Crippen molar-refractivity contribution in [2.24, 2.45) is 35.5 Å². The SMILES string of the molecule is COc1ccc([C@H](NCc2ccccc2)P(=O)(O[C@@H]2C[C@H](C)CC[C@@H]2C(C)C)O[C@@H]2C[C@@H](C)CC[C@@H]2C(C)C)cc1. The van der Waals surface area contributed by atoms with Crippen molar-refractivity contribution in [3.05, 3.63) is 65.7 Å². The molecule has 2 fully saturated rings. The fourth-order valence-electron chi connectivity index (χ4n) is 7.00. The summed E-state index contributed by atoms with van der Waals surface area (Å²) in [4.78, 5) is 0. The van der Waals surface area contributed by atoms with E-state index in [1.807, 2.05) is 42.5 Å². The maximum Gasteiger partial charge on any atom is 0.352 e. The summed E-state index contributed by atoms with van der Waals surface area (Å²) in [5.41, 5.74) is 2.04. The summed E-state index contributed by atoms with van der Waals surface area (Å²) in [7, 11) is -2.04. The highest BCUT2D eigenvalue weighted by Crippen LogP contribution is 2.64. The second-order valence-electron chi connectivity index (χ2n) is 13.5. The predicted octanol–water partition coefficient (Wildman–Crippen LogP) is 9.63. The fourth-order valence-corrected chi connectivity index (χ4v) is 9.39. The Bertz CT molecular complexity index is 1070. The van der Waals surface area contributed by atoms with Gasteiger partial charge < -0.3 is 13.8 Å². The Morgan fingerprint density at radius 2 is 1.29 bits per heavy atom. The number of nitrogens with one attached hydrogen (secondary N) is 1. The lowest BCUT2D eigenvalue weighted by molar-refractivity contribution is -0.00694. The molecule has 0 spiro atoms. The van der Waals surface area contributed by atoms with Crippen molar-refractivity contribution < 1.29 is 18.3 Å². The van der Waals surface area contributed by atoms with Crippen LogP contribution in [-0.2, 0) is 20.2 Å². The summed E-state index contributed by atoms with van der Waals surface area (Å²) in [5, 5.41) is 3.67. The lowest BCUT2D eigenvalue weighted by atomic mass is 9.75. The van der Waals surface area contributed by atoms with E-state index in [-0.39, 0.29) is 12.2 Å². The van der Waals surface area contributed by atoms with Crippen LogP contribution in [0.4, 0.5) is 0 Å². The molecule has 2 aliphatic rings. The molecule has 228 valence electrons. The molecule has 0 aromatic heterocycles. The first-order chi connectivity index (χ1) is 19.6. The maximum atomic E-state index is 15.6. The number of hydrogen-bond donors (Lipinski definition) is 1. The summed E-state index contributed by atoms with van der Waals surface area (Å²) in [5.74, 6) is 2.89. The van der Waals surface area contributed by atoms with E-state index in [0.717, 1.165) is 42.6 Å². The average Bonchev–Trinajstić information content (AvgIpc) is 2.93. The van der Waals surface area contributed by atoms with E-state index in [1.165, 1.54) is 12.8 Å². The molecule has 0 bridgehead atoms. The van der Waals surface area contributed by atoms with Crippen LogP contribution in [0.5, 0.6) is 5.75 Å². The monoisotopic (exact) mass is 583 g/mol. The van der Waals surface area contributed by atoms with Crippen LogP contribution in [0.3, 0.4) is 0 Å². The number of methoxy groups -OCH3 is 1. The standard InChI is InChI=1S/C35H54NO4P/c1-24(2)31-19-13-26(5)21-33(31)39-41(37,40-34-22-27(6)14-20-32(34)25(3)4)35(29-15-17-30(38-7)18-16-29)36-23-28-11-9-8-10-12-28/h8-12,15-18,24-27,31-36H,13-14,19-23H2,1-7H3/t26-,27+,31-,32-,33-,34-,35-,41?/m1/s1. The molecule has 0 saturated heterocycles. The van der Waals surface area contributed by atoms with Crippen LogP contribution >= 0.6 is 7.60 Å². The van der Waals surface area contributed by atoms with Gasteiger partial charge in [-0.15, -0.1) is 0 Å². The van der Waals surface area contributed by atoms with Crippen LogP contribution in [0.2, 0.25) is 0 Å². The lowest BCUT2D eigenvalue weighted by Crippen LogP contribution is -2.38. The second-order valence-corrected chi connectivity index (χ2v) is 15.5. The quantitative estimate of drug-likeness (QED) is 0.252. The Kier molecular flexibility index (Phi) is 11.6. The zero-order chi connectivity index (χ0) is 29.6.